The molecule has 31 heavy (non-hydrogen) atoms. The van der Waals surface area contributed by atoms with E-state index < -0.39 is 0 Å². The third-order valence-electron chi connectivity index (χ3n) is 5.20. The standard InChI is InChI=1S/C23H25N3O4S/c1-2-29-22(28)12-10-18-8-7-17(30-18)9-11-21(27)25-13-15-26(16-14-25)23-19-5-3-4-6-20(19)31-24-23/h3-9,11H,2,10,12-16H2,1H3. The highest BCUT2D eigenvalue weighted by atomic mass is 32.1. The van der Waals surface area contributed by atoms with Crippen molar-refractivity contribution in [3.05, 3.63) is 54.0 Å². The molecule has 1 aliphatic rings. The molecule has 0 spiro atoms. The largest absolute Gasteiger partial charge is 0.466 e. The van der Waals surface area contributed by atoms with E-state index in [9.17, 15) is 9.59 Å². The molecule has 0 atom stereocenters. The van der Waals surface area contributed by atoms with Crippen LogP contribution in [0.3, 0.4) is 0 Å². The molecule has 2 aromatic heterocycles. The van der Waals surface area contributed by atoms with Crippen molar-refractivity contribution in [1.29, 1.82) is 0 Å². The number of aromatic nitrogens is 1. The lowest BCUT2D eigenvalue weighted by Crippen LogP contribution is -2.48. The van der Waals surface area contributed by atoms with Gasteiger partial charge < -0.3 is 19.0 Å². The summed E-state index contributed by atoms with van der Waals surface area (Å²) in [5.74, 6) is 2.03. The first-order valence-corrected chi connectivity index (χ1v) is 11.2. The first-order chi connectivity index (χ1) is 15.1. The number of carbonyl (C=O) groups excluding carboxylic acids is 2. The van der Waals surface area contributed by atoms with Crippen molar-refractivity contribution < 1.29 is 18.7 Å². The maximum absolute atomic E-state index is 12.6. The van der Waals surface area contributed by atoms with Crippen molar-refractivity contribution in [2.24, 2.45) is 0 Å². The maximum atomic E-state index is 12.6. The van der Waals surface area contributed by atoms with Gasteiger partial charge in [0, 0.05) is 44.1 Å². The van der Waals surface area contributed by atoms with Crippen LogP contribution < -0.4 is 4.90 Å². The molecular weight excluding hydrogens is 414 g/mol. The first kappa shape index (κ1) is 21.1. The van der Waals surface area contributed by atoms with Gasteiger partial charge in [0.15, 0.2) is 0 Å². The van der Waals surface area contributed by atoms with E-state index >= 15 is 0 Å². The number of nitrogens with zero attached hydrogens (tertiary/aromatic N) is 3. The van der Waals surface area contributed by atoms with Crippen molar-refractivity contribution in [2.75, 3.05) is 37.7 Å². The molecule has 0 bridgehead atoms. The summed E-state index contributed by atoms with van der Waals surface area (Å²) in [5, 5.41) is 1.17. The van der Waals surface area contributed by atoms with Gasteiger partial charge in [-0.1, -0.05) is 12.1 Å². The molecule has 1 amide bonds. The van der Waals surface area contributed by atoms with Crippen LogP contribution in [0.2, 0.25) is 0 Å². The van der Waals surface area contributed by atoms with Gasteiger partial charge in [-0.25, -0.2) is 0 Å². The summed E-state index contributed by atoms with van der Waals surface area (Å²) < 4.78 is 16.4. The summed E-state index contributed by atoms with van der Waals surface area (Å²) in [6.07, 6.45) is 3.98. The summed E-state index contributed by atoms with van der Waals surface area (Å²) >= 11 is 1.51. The van der Waals surface area contributed by atoms with Crippen LogP contribution in [0.1, 0.15) is 24.9 Å². The second kappa shape index (κ2) is 9.78. The van der Waals surface area contributed by atoms with Gasteiger partial charge in [-0.3, -0.25) is 9.59 Å². The molecule has 0 saturated carbocycles. The predicted octanol–water partition coefficient (Wildman–Crippen LogP) is 3.75. The molecule has 4 rings (SSSR count). The molecule has 1 aromatic carbocycles. The van der Waals surface area contributed by atoms with Gasteiger partial charge in [0.2, 0.25) is 5.91 Å². The van der Waals surface area contributed by atoms with Crippen molar-refractivity contribution in [3.63, 3.8) is 0 Å². The Kier molecular flexibility index (Phi) is 6.66. The van der Waals surface area contributed by atoms with Crippen LogP contribution >= 0.6 is 11.5 Å². The first-order valence-electron chi connectivity index (χ1n) is 10.4. The van der Waals surface area contributed by atoms with E-state index in [1.165, 1.54) is 21.6 Å². The van der Waals surface area contributed by atoms with Gasteiger partial charge >= 0.3 is 5.97 Å². The molecule has 3 heterocycles. The Balaban J connectivity index is 1.28. The number of furan rings is 1. The van der Waals surface area contributed by atoms with E-state index in [4.69, 9.17) is 9.15 Å². The van der Waals surface area contributed by atoms with Crippen LogP contribution in [-0.2, 0) is 20.7 Å². The van der Waals surface area contributed by atoms with E-state index in [1.54, 1.807) is 25.1 Å². The highest BCUT2D eigenvalue weighted by molar-refractivity contribution is 7.13. The Labute approximate surface area is 185 Å². The zero-order valence-corrected chi connectivity index (χ0v) is 18.3. The lowest BCUT2D eigenvalue weighted by Gasteiger charge is -2.34. The number of fused-ring (bicyclic) bond motifs is 1. The molecule has 0 radical (unpaired) electrons. The number of carbonyl (C=O) groups is 2. The molecule has 0 N–H and O–H groups in total. The molecule has 1 aliphatic heterocycles. The van der Waals surface area contributed by atoms with Crippen molar-refractivity contribution >= 4 is 45.4 Å². The second-order valence-corrected chi connectivity index (χ2v) is 8.06. The number of amides is 1. The van der Waals surface area contributed by atoms with E-state index in [1.807, 2.05) is 23.1 Å². The lowest BCUT2D eigenvalue weighted by molar-refractivity contribution is -0.143. The third kappa shape index (κ3) is 5.14. The molecule has 162 valence electrons. The molecule has 7 nitrogen and oxygen atoms in total. The average molecular weight is 440 g/mol. The Morgan fingerprint density at radius 2 is 1.97 bits per heavy atom. The lowest BCUT2D eigenvalue weighted by atomic mass is 10.2. The highest BCUT2D eigenvalue weighted by Crippen LogP contribution is 2.29. The topological polar surface area (TPSA) is 75.9 Å². The number of hydrogen-bond acceptors (Lipinski definition) is 7. The smallest absolute Gasteiger partial charge is 0.306 e. The van der Waals surface area contributed by atoms with Crippen LogP contribution in [0.5, 0.6) is 0 Å². The third-order valence-corrected chi connectivity index (χ3v) is 6.02. The Morgan fingerprint density at radius 3 is 2.77 bits per heavy atom. The van der Waals surface area contributed by atoms with Gasteiger partial charge in [0.25, 0.3) is 0 Å². The minimum Gasteiger partial charge on any atom is -0.466 e. The molecule has 1 fully saturated rings. The average Bonchev–Trinajstić information content (AvgIpc) is 3.43. The monoisotopic (exact) mass is 439 g/mol. The summed E-state index contributed by atoms with van der Waals surface area (Å²) in [5.41, 5.74) is 0. The number of aryl methyl sites for hydroxylation is 1. The van der Waals surface area contributed by atoms with Crippen LogP contribution in [0.25, 0.3) is 16.2 Å². The fourth-order valence-corrected chi connectivity index (χ4v) is 4.37. The predicted molar refractivity (Wildman–Crippen MR) is 121 cm³/mol. The number of esters is 1. The van der Waals surface area contributed by atoms with Crippen molar-refractivity contribution in [3.8, 4) is 0 Å². The van der Waals surface area contributed by atoms with Gasteiger partial charge in [-0.15, -0.1) is 0 Å². The Morgan fingerprint density at radius 1 is 1.16 bits per heavy atom. The number of benzene rings is 1. The van der Waals surface area contributed by atoms with E-state index in [-0.39, 0.29) is 18.3 Å². The van der Waals surface area contributed by atoms with Gasteiger partial charge in [0.05, 0.1) is 17.7 Å². The van der Waals surface area contributed by atoms with Crippen LogP contribution in [0, 0.1) is 0 Å². The number of rotatable bonds is 7. The molecule has 3 aromatic rings. The Hall–Kier alpha value is -3.13. The quantitative estimate of drug-likeness (QED) is 0.412. The van der Waals surface area contributed by atoms with Gasteiger partial charge in [0.1, 0.15) is 17.3 Å². The van der Waals surface area contributed by atoms with Gasteiger partial charge in [-0.2, -0.15) is 4.37 Å². The number of ether oxygens (including phenoxy) is 1. The zero-order chi connectivity index (χ0) is 21.6. The summed E-state index contributed by atoms with van der Waals surface area (Å²) in [4.78, 5) is 28.1. The van der Waals surface area contributed by atoms with Crippen molar-refractivity contribution in [2.45, 2.75) is 19.8 Å². The maximum Gasteiger partial charge on any atom is 0.306 e. The van der Waals surface area contributed by atoms with E-state index in [0.717, 1.165) is 18.9 Å². The summed E-state index contributed by atoms with van der Waals surface area (Å²) in [7, 11) is 0. The second-order valence-electron chi connectivity index (χ2n) is 7.26. The fraction of sp³-hybridized carbons (Fsp3) is 0.348. The minimum absolute atomic E-state index is 0.0349. The summed E-state index contributed by atoms with van der Waals surface area (Å²) in [6.45, 7) is 4.97. The van der Waals surface area contributed by atoms with E-state index in [2.05, 4.69) is 21.4 Å². The van der Waals surface area contributed by atoms with Crippen molar-refractivity contribution in [1.82, 2.24) is 9.27 Å². The van der Waals surface area contributed by atoms with Crippen LogP contribution in [0.15, 0.2) is 46.9 Å². The Bertz CT molecular complexity index is 1080. The van der Waals surface area contributed by atoms with Gasteiger partial charge in [-0.05, 0) is 48.8 Å². The molecule has 1 saturated heterocycles. The number of piperazine rings is 1. The highest BCUT2D eigenvalue weighted by Gasteiger charge is 2.22. The summed E-state index contributed by atoms with van der Waals surface area (Å²) in [6, 6.07) is 11.9. The zero-order valence-electron chi connectivity index (χ0n) is 17.5. The normalized spacial score (nSPS) is 14.5. The van der Waals surface area contributed by atoms with Crippen LogP contribution in [0.4, 0.5) is 5.82 Å². The fourth-order valence-electron chi connectivity index (χ4n) is 3.57. The number of hydrogen-bond donors (Lipinski definition) is 0. The molecule has 0 unspecified atom stereocenters. The number of anilines is 1. The minimum atomic E-state index is -0.240. The molecular formula is C23H25N3O4S. The van der Waals surface area contributed by atoms with E-state index in [0.29, 0.717) is 37.6 Å². The van der Waals surface area contributed by atoms with Crippen LogP contribution in [-0.4, -0.2) is 53.9 Å². The molecule has 0 aliphatic carbocycles. The molecule has 8 heteroatoms. The SMILES string of the molecule is CCOC(=O)CCc1ccc(C=CC(=O)N2CCN(c3nsc4ccccc34)CC2)o1.